The molecule has 0 bridgehead atoms. The fraction of sp³-hybridized carbons (Fsp3) is 0.579. The molecule has 148 valence electrons. The minimum atomic E-state index is -0.0245. The summed E-state index contributed by atoms with van der Waals surface area (Å²) in [5.41, 5.74) is 1.92. The van der Waals surface area contributed by atoms with Crippen molar-refractivity contribution in [2.75, 3.05) is 24.7 Å². The number of guanidine groups is 1. The molecule has 0 aliphatic rings. The second kappa shape index (κ2) is 12.4. The highest BCUT2D eigenvalue weighted by atomic mass is 127. The van der Waals surface area contributed by atoms with E-state index in [2.05, 4.69) is 48.0 Å². The number of anilines is 1. The van der Waals surface area contributed by atoms with Crippen LogP contribution in [-0.2, 0) is 11.3 Å². The Hall–Kier alpha value is -0.960. The van der Waals surface area contributed by atoms with Gasteiger partial charge in [-0.1, -0.05) is 26.0 Å². The van der Waals surface area contributed by atoms with Gasteiger partial charge in [-0.2, -0.15) is 11.8 Å². The summed E-state index contributed by atoms with van der Waals surface area (Å²) >= 11 is 1.83. The van der Waals surface area contributed by atoms with Gasteiger partial charge in [-0.15, -0.1) is 24.0 Å². The molecule has 1 aromatic rings. The van der Waals surface area contributed by atoms with Crippen molar-refractivity contribution in [3.05, 3.63) is 29.8 Å². The van der Waals surface area contributed by atoms with E-state index in [1.165, 1.54) is 0 Å². The number of rotatable bonds is 8. The zero-order valence-corrected chi connectivity index (χ0v) is 19.8. The van der Waals surface area contributed by atoms with Crippen molar-refractivity contribution in [3.63, 3.8) is 0 Å². The highest BCUT2D eigenvalue weighted by Gasteiger charge is 2.16. The standard InChI is InChI=1S/C19H32N4OS.HI/c1-7-20-18(22-13-19(4,5)25-6)21-12-15-8-10-16(11-9-15)23-17(24)14(2)3;/h8-11,14H,7,12-13H2,1-6H3,(H,23,24)(H2,20,21,22);1H. The van der Waals surface area contributed by atoms with Crippen molar-refractivity contribution in [1.82, 2.24) is 10.6 Å². The number of hydrogen-bond acceptors (Lipinski definition) is 3. The van der Waals surface area contributed by atoms with Gasteiger partial charge in [-0.3, -0.25) is 4.79 Å². The molecule has 5 nitrogen and oxygen atoms in total. The van der Waals surface area contributed by atoms with Gasteiger partial charge in [0.15, 0.2) is 5.96 Å². The average molecular weight is 492 g/mol. The van der Waals surface area contributed by atoms with Crippen LogP contribution in [0.5, 0.6) is 0 Å². The van der Waals surface area contributed by atoms with Crippen molar-refractivity contribution in [1.29, 1.82) is 0 Å². The van der Waals surface area contributed by atoms with Gasteiger partial charge in [0.05, 0.1) is 6.54 Å². The van der Waals surface area contributed by atoms with Gasteiger partial charge in [-0.05, 0) is 44.7 Å². The Bertz CT molecular complexity index is 573. The van der Waals surface area contributed by atoms with Crippen LogP contribution in [0.1, 0.15) is 40.2 Å². The first kappa shape index (κ1) is 25.0. The Morgan fingerprint density at radius 1 is 1.19 bits per heavy atom. The molecule has 0 aliphatic carbocycles. The molecule has 0 aliphatic heterocycles. The molecule has 1 aromatic carbocycles. The number of carbonyl (C=O) groups is 1. The number of nitrogens with one attached hydrogen (secondary N) is 3. The minimum Gasteiger partial charge on any atom is -0.357 e. The molecule has 3 N–H and O–H groups in total. The zero-order chi connectivity index (χ0) is 18.9. The lowest BCUT2D eigenvalue weighted by Gasteiger charge is -2.23. The van der Waals surface area contributed by atoms with Crippen LogP contribution in [-0.4, -0.2) is 36.0 Å². The molecule has 0 spiro atoms. The predicted octanol–water partition coefficient (Wildman–Crippen LogP) is 4.10. The number of thioether (sulfide) groups is 1. The summed E-state index contributed by atoms with van der Waals surface area (Å²) < 4.78 is 0.159. The molecular weight excluding hydrogens is 459 g/mol. The van der Waals surface area contributed by atoms with E-state index in [1.54, 1.807) is 0 Å². The normalized spacial score (nSPS) is 11.7. The molecule has 26 heavy (non-hydrogen) atoms. The summed E-state index contributed by atoms with van der Waals surface area (Å²) in [6, 6.07) is 7.83. The van der Waals surface area contributed by atoms with Crippen LogP contribution in [0.4, 0.5) is 5.69 Å². The average Bonchev–Trinajstić information content (AvgIpc) is 2.58. The Kier molecular flexibility index (Phi) is 12.0. The van der Waals surface area contributed by atoms with Crippen molar-refractivity contribution >= 4 is 53.3 Å². The van der Waals surface area contributed by atoms with Crippen LogP contribution in [0.25, 0.3) is 0 Å². The second-order valence-corrected chi connectivity index (χ2v) is 8.37. The van der Waals surface area contributed by atoms with E-state index in [1.807, 2.05) is 49.9 Å². The highest BCUT2D eigenvalue weighted by molar-refractivity contribution is 14.0. The summed E-state index contributed by atoms with van der Waals surface area (Å²) in [6.45, 7) is 12.5. The third-order valence-electron chi connectivity index (χ3n) is 3.74. The van der Waals surface area contributed by atoms with Crippen LogP contribution < -0.4 is 16.0 Å². The van der Waals surface area contributed by atoms with E-state index in [0.717, 1.165) is 30.3 Å². The van der Waals surface area contributed by atoms with E-state index >= 15 is 0 Å². The van der Waals surface area contributed by atoms with Crippen LogP contribution >= 0.6 is 35.7 Å². The van der Waals surface area contributed by atoms with Gasteiger partial charge in [0.1, 0.15) is 0 Å². The van der Waals surface area contributed by atoms with Crippen molar-refractivity contribution in [3.8, 4) is 0 Å². The van der Waals surface area contributed by atoms with E-state index < -0.39 is 0 Å². The lowest BCUT2D eigenvalue weighted by molar-refractivity contribution is -0.118. The number of benzene rings is 1. The monoisotopic (exact) mass is 492 g/mol. The molecule has 0 radical (unpaired) electrons. The zero-order valence-electron chi connectivity index (χ0n) is 16.7. The molecule has 0 fully saturated rings. The fourth-order valence-corrected chi connectivity index (χ4v) is 2.08. The Morgan fingerprint density at radius 3 is 2.31 bits per heavy atom. The SMILES string of the molecule is CCNC(=NCc1ccc(NC(=O)C(C)C)cc1)NCC(C)(C)SC.I. The highest BCUT2D eigenvalue weighted by Crippen LogP contribution is 2.19. The summed E-state index contributed by atoms with van der Waals surface area (Å²) in [4.78, 5) is 16.3. The van der Waals surface area contributed by atoms with Crippen LogP contribution in [0, 0.1) is 5.92 Å². The number of carbonyl (C=O) groups excluding carboxylic acids is 1. The maximum absolute atomic E-state index is 11.7. The first-order chi connectivity index (χ1) is 11.8. The third kappa shape index (κ3) is 9.66. The lowest BCUT2D eigenvalue weighted by Crippen LogP contribution is -2.43. The van der Waals surface area contributed by atoms with E-state index in [4.69, 9.17) is 0 Å². The molecule has 1 amide bonds. The minimum absolute atomic E-state index is 0. The molecule has 0 unspecified atom stereocenters. The largest absolute Gasteiger partial charge is 0.357 e. The Labute approximate surface area is 179 Å². The molecular formula is C19H33IN4OS. The molecule has 0 saturated heterocycles. The summed E-state index contributed by atoms with van der Waals surface area (Å²) in [7, 11) is 0. The molecule has 0 atom stereocenters. The molecule has 0 aromatic heterocycles. The number of nitrogens with zero attached hydrogens (tertiary/aromatic N) is 1. The van der Waals surface area contributed by atoms with Crippen LogP contribution in [0.2, 0.25) is 0 Å². The topological polar surface area (TPSA) is 65.5 Å². The third-order valence-corrected chi connectivity index (χ3v) is 4.99. The maximum Gasteiger partial charge on any atom is 0.226 e. The Balaban J connectivity index is 0.00000625. The van der Waals surface area contributed by atoms with Crippen molar-refractivity contribution in [2.45, 2.75) is 45.9 Å². The Morgan fingerprint density at radius 2 is 1.81 bits per heavy atom. The van der Waals surface area contributed by atoms with E-state index in [0.29, 0.717) is 6.54 Å². The molecule has 7 heteroatoms. The number of halogens is 1. The van der Waals surface area contributed by atoms with Gasteiger partial charge >= 0.3 is 0 Å². The van der Waals surface area contributed by atoms with Crippen molar-refractivity contribution < 1.29 is 4.79 Å². The van der Waals surface area contributed by atoms with Gasteiger partial charge in [0, 0.05) is 29.4 Å². The lowest BCUT2D eigenvalue weighted by atomic mass is 10.1. The molecule has 0 saturated carbocycles. The van der Waals surface area contributed by atoms with Crippen LogP contribution in [0.3, 0.4) is 0 Å². The maximum atomic E-state index is 11.7. The smallest absolute Gasteiger partial charge is 0.226 e. The number of aliphatic imine (C=N–C) groups is 1. The van der Waals surface area contributed by atoms with Gasteiger partial charge in [-0.25, -0.2) is 4.99 Å². The predicted molar refractivity (Wildman–Crippen MR) is 126 cm³/mol. The van der Waals surface area contributed by atoms with E-state index in [9.17, 15) is 4.79 Å². The number of hydrogen-bond donors (Lipinski definition) is 3. The quantitative estimate of drug-likeness (QED) is 0.291. The summed E-state index contributed by atoms with van der Waals surface area (Å²) in [6.07, 6.45) is 2.12. The molecule has 0 heterocycles. The van der Waals surface area contributed by atoms with Gasteiger partial charge < -0.3 is 16.0 Å². The fourth-order valence-electron chi connectivity index (χ4n) is 1.86. The van der Waals surface area contributed by atoms with E-state index in [-0.39, 0.29) is 40.5 Å². The second-order valence-electron chi connectivity index (χ2n) is 6.85. The van der Waals surface area contributed by atoms with Gasteiger partial charge in [0.2, 0.25) is 5.91 Å². The van der Waals surface area contributed by atoms with Crippen molar-refractivity contribution in [2.24, 2.45) is 10.9 Å². The first-order valence-corrected chi connectivity index (χ1v) is 9.97. The van der Waals surface area contributed by atoms with Crippen LogP contribution in [0.15, 0.2) is 29.3 Å². The first-order valence-electron chi connectivity index (χ1n) is 8.74. The molecule has 1 rings (SSSR count). The summed E-state index contributed by atoms with van der Waals surface area (Å²) in [5, 5.41) is 9.56. The summed E-state index contributed by atoms with van der Waals surface area (Å²) in [5.74, 6) is 0.825. The number of amides is 1. The van der Waals surface area contributed by atoms with Gasteiger partial charge in [0.25, 0.3) is 0 Å².